The largest absolute Gasteiger partial charge is 0.367 e. The fourth-order valence-corrected chi connectivity index (χ4v) is 2.18. The Balaban J connectivity index is 2.34. The van der Waals surface area contributed by atoms with E-state index in [1.165, 1.54) is 0 Å². The molecule has 1 aromatic rings. The van der Waals surface area contributed by atoms with Gasteiger partial charge in [0, 0.05) is 12.6 Å². The van der Waals surface area contributed by atoms with Gasteiger partial charge in [0.15, 0.2) is 0 Å². The van der Waals surface area contributed by atoms with Crippen molar-refractivity contribution in [3.63, 3.8) is 0 Å². The Morgan fingerprint density at radius 1 is 1.64 bits per heavy atom. The molecule has 1 aliphatic heterocycles. The number of nitrogens with zero attached hydrogens (tertiary/aromatic N) is 2. The minimum absolute atomic E-state index is 0.381. The first-order valence-electron chi connectivity index (χ1n) is 5.14. The maximum atomic E-state index is 5.72. The molecule has 0 saturated heterocycles. The van der Waals surface area contributed by atoms with Crippen LogP contribution in [0, 0.1) is 0 Å². The van der Waals surface area contributed by atoms with E-state index in [0.717, 1.165) is 24.2 Å². The topological polar surface area (TPSA) is 55.3 Å². The summed E-state index contributed by atoms with van der Waals surface area (Å²) in [6.07, 6.45) is 1.05. The zero-order valence-corrected chi connectivity index (χ0v) is 8.95. The van der Waals surface area contributed by atoms with E-state index in [4.69, 9.17) is 10.3 Å². The third kappa shape index (κ3) is 1.21. The van der Waals surface area contributed by atoms with Gasteiger partial charge in [0.25, 0.3) is 0 Å². The summed E-state index contributed by atoms with van der Waals surface area (Å²) in [5, 5.41) is 4.04. The molecule has 1 aliphatic rings. The van der Waals surface area contributed by atoms with Crippen LogP contribution in [0.4, 0.5) is 5.88 Å². The Morgan fingerprint density at radius 3 is 2.93 bits per heavy atom. The van der Waals surface area contributed by atoms with Gasteiger partial charge in [-0.1, -0.05) is 12.1 Å². The van der Waals surface area contributed by atoms with Crippen LogP contribution < -0.4 is 5.73 Å². The summed E-state index contributed by atoms with van der Waals surface area (Å²) in [6.45, 7) is 7.44. The molecule has 2 N–H and O–H groups in total. The van der Waals surface area contributed by atoms with Crippen LogP contribution in [0.1, 0.15) is 44.5 Å². The summed E-state index contributed by atoms with van der Waals surface area (Å²) in [6, 6.07) is 0.902. The predicted octanol–water partition coefficient (Wildman–Crippen LogP) is 1.93. The van der Waals surface area contributed by atoms with Gasteiger partial charge in [0.2, 0.25) is 5.88 Å². The van der Waals surface area contributed by atoms with Crippen LogP contribution in [0.5, 0.6) is 0 Å². The van der Waals surface area contributed by atoms with E-state index in [9.17, 15) is 0 Å². The SMILES string of the molecule is CCC1c2noc(N)c2CN1C(C)C. The maximum absolute atomic E-state index is 5.72. The first-order valence-corrected chi connectivity index (χ1v) is 5.14. The van der Waals surface area contributed by atoms with E-state index >= 15 is 0 Å². The van der Waals surface area contributed by atoms with Gasteiger partial charge in [-0.05, 0) is 20.3 Å². The fraction of sp³-hybridized carbons (Fsp3) is 0.700. The first kappa shape index (κ1) is 9.52. The molecule has 14 heavy (non-hydrogen) atoms. The molecule has 1 aromatic heterocycles. The smallest absolute Gasteiger partial charge is 0.226 e. The highest BCUT2D eigenvalue weighted by Gasteiger charge is 2.35. The highest BCUT2D eigenvalue weighted by atomic mass is 16.5. The van der Waals surface area contributed by atoms with E-state index in [0.29, 0.717) is 18.0 Å². The molecule has 1 unspecified atom stereocenters. The summed E-state index contributed by atoms with van der Waals surface area (Å²) in [5.41, 5.74) is 7.84. The van der Waals surface area contributed by atoms with Crippen LogP contribution in [0.3, 0.4) is 0 Å². The van der Waals surface area contributed by atoms with Crippen LogP contribution in [-0.4, -0.2) is 16.1 Å². The molecule has 0 amide bonds. The molecule has 2 heterocycles. The number of aromatic nitrogens is 1. The lowest BCUT2D eigenvalue weighted by Crippen LogP contribution is -2.29. The van der Waals surface area contributed by atoms with E-state index in [2.05, 4.69) is 30.8 Å². The third-order valence-electron chi connectivity index (χ3n) is 2.96. The van der Waals surface area contributed by atoms with E-state index < -0.39 is 0 Å². The minimum atomic E-state index is 0.381. The Morgan fingerprint density at radius 2 is 2.36 bits per heavy atom. The third-order valence-corrected chi connectivity index (χ3v) is 2.96. The summed E-state index contributed by atoms with van der Waals surface area (Å²) in [4.78, 5) is 2.41. The fourth-order valence-electron chi connectivity index (χ4n) is 2.18. The summed E-state index contributed by atoms with van der Waals surface area (Å²) in [7, 11) is 0. The number of nitrogens with two attached hydrogens (primary N) is 1. The van der Waals surface area contributed by atoms with Crippen molar-refractivity contribution in [1.82, 2.24) is 10.1 Å². The molecule has 0 spiro atoms. The molecule has 4 heteroatoms. The molecule has 4 nitrogen and oxygen atoms in total. The summed E-state index contributed by atoms with van der Waals surface area (Å²) < 4.78 is 5.00. The van der Waals surface area contributed by atoms with Gasteiger partial charge < -0.3 is 10.3 Å². The van der Waals surface area contributed by atoms with Crippen molar-refractivity contribution in [2.45, 2.75) is 45.8 Å². The minimum Gasteiger partial charge on any atom is -0.367 e. The second kappa shape index (κ2) is 3.28. The van der Waals surface area contributed by atoms with Gasteiger partial charge in [-0.15, -0.1) is 0 Å². The van der Waals surface area contributed by atoms with Crippen LogP contribution in [0.2, 0.25) is 0 Å². The molecule has 2 rings (SSSR count). The second-order valence-corrected chi connectivity index (χ2v) is 4.10. The molecule has 0 fully saturated rings. The second-order valence-electron chi connectivity index (χ2n) is 4.10. The maximum Gasteiger partial charge on any atom is 0.226 e. The van der Waals surface area contributed by atoms with Crippen LogP contribution in [-0.2, 0) is 6.54 Å². The lowest BCUT2D eigenvalue weighted by molar-refractivity contribution is 0.155. The molecule has 1 atom stereocenters. The highest BCUT2D eigenvalue weighted by molar-refractivity contribution is 5.43. The van der Waals surface area contributed by atoms with Crippen molar-refractivity contribution >= 4 is 5.88 Å². The van der Waals surface area contributed by atoms with Crippen molar-refractivity contribution in [2.24, 2.45) is 0 Å². The monoisotopic (exact) mass is 195 g/mol. The average Bonchev–Trinajstić information content (AvgIpc) is 2.66. The number of anilines is 1. The van der Waals surface area contributed by atoms with Crippen molar-refractivity contribution in [1.29, 1.82) is 0 Å². The van der Waals surface area contributed by atoms with Gasteiger partial charge in [-0.3, -0.25) is 4.90 Å². The molecular weight excluding hydrogens is 178 g/mol. The molecule has 0 aliphatic carbocycles. The van der Waals surface area contributed by atoms with Gasteiger partial charge in [0.1, 0.15) is 5.69 Å². The van der Waals surface area contributed by atoms with Crippen molar-refractivity contribution < 1.29 is 4.52 Å². The Hall–Kier alpha value is -1.03. The molecule has 0 saturated carbocycles. The number of fused-ring (bicyclic) bond motifs is 1. The predicted molar refractivity (Wildman–Crippen MR) is 54.6 cm³/mol. The van der Waals surface area contributed by atoms with Gasteiger partial charge in [-0.25, -0.2) is 0 Å². The van der Waals surface area contributed by atoms with Crippen molar-refractivity contribution in [3.05, 3.63) is 11.3 Å². The van der Waals surface area contributed by atoms with Crippen LogP contribution >= 0.6 is 0 Å². The molecule has 0 aromatic carbocycles. The van der Waals surface area contributed by atoms with Gasteiger partial charge in [0.05, 0.1) is 11.6 Å². The normalized spacial score (nSPS) is 21.9. The number of hydrogen-bond donors (Lipinski definition) is 1. The van der Waals surface area contributed by atoms with E-state index in [1.807, 2.05) is 0 Å². The molecule has 0 radical (unpaired) electrons. The Kier molecular flexibility index (Phi) is 2.23. The van der Waals surface area contributed by atoms with Crippen molar-refractivity contribution in [2.75, 3.05) is 5.73 Å². The zero-order valence-electron chi connectivity index (χ0n) is 8.95. The zero-order chi connectivity index (χ0) is 10.3. The standard InChI is InChI=1S/C10H17N3O/c1-4-8-9-7(10(11)14-12-9)5-13(8)6(2)3/h6,8H,4-5,11H2,1-3H3. The highest BCUT2D eigenvalue weighted by Crippen LogP contribution is 2.38. The first-order chi connectivity index (χ1) is 6.65. The average molecular weight is 195 g/mol. The number of hydrogen-bond acceptors (Lipinski definition) is 4. The van der Waals surface area contributed by atoms with Crippen LogP contribution in [0.15, 0.2) is 4.52 Å². The molecule has 0 bridgehead atoms. The quantitative estimate of drug-likeness (QED) is 0.783. The summed E-state index contributed by atoms with van der Waals surface area (Å²) >= 11 is 0. The molecular formula is C10H17N3O. The van der Waals surface area contributed by atoms with Crippen LogP contribution in [0.25, 0.3) is 0 Å². The van der Waals surface area contributed by atoms with Gasteiger partial charge >= 0.3 is 0 Å². The lowest BCUT2D eigenvalue weighted by Gasteiger charge is -2.27. The van der Waals surface area contributed by atoms with Gasteiger partial charge in [-0.2, -0.15) is 0 Å². The summed E-state index contributed by atoms with van der Waals surface area (Å²) in [5.74, 6) is 0.488. The van der Waals surface area contributed by atoms with Crippen molar-refractivity contribution in [3.8, 4) is 0 Å². The Labute approximate surface area is 84.0 Å². The number of rotatable bonds is 2. The molecule has 78 valence electrons. The van der Waals surface area contributed by atoms with E-state index in [1.54, 1.807) is 0 Å². The van der Waals surface area contributed by atoms with E-state index in [-0.39, 0.29) is 0 Å². The number of nitrogen functional groups attached to an aromatic ring is 1. The lowest BCUT2D eigenvalue weighted by atomic mass is 10.1. The Bertz CT molecular complexity index is 332.